The van der Waals surface area contributed by atoms with Gasteiger partial charge in [-0.25, -0.2) is 0 Å². The molecule has 0 saturated carbocycles. The summed E-state index contributed by atoms with van der Waals surface area (Å²) in [6.45, 7) is 4.35. The molecule has 1 rings (SSSR count). The number of carbonyl (C=O) groups excluding carboxylic acids is 1. The minimum absolute atomic E-state index is 0.0415. The van der Waals surface area contributed by atoms with E-state index in [0.29, 0.717) is 5.69 Å². The second-order valence-corrected chi connectivity index (χ2v) is 5.52. The molecule has 118 valence electrons. The van der Waals surface area contributed by atoms with Gasteiger partial charge in [0.1, 0.15) is 6.61 Å². The molecular formula is C17H28N2O2. The number of anilines is 2. The van der Waals surface area contributed by atoms with Crippen molar-refractivity contribution in [1.82, 2.24) is 0 Å². The number of rotatable bonds is 9. The van der Waals surface area contributed by atoms with E-state index in [2.05, 4.69) is 6.92 Å². The second-order valence-electron chi connectivity index (χ2n) is 5.52. The number of unbranched alkanes of at least 4 members (excludes halogenated alkanes) is 3. The molecule has 0 bridgehead atoms. The summed E-state index contributed by atoms with van der Waals surface area (Å²) in [5, 5.41) is 0. The number of benzene rings is 1. The van der Waals surface area contributed by atoms with Crippen molar-refractivity contribution in [3.63, 3.8) is 0 Å². The molecule has 0 aromatic heterocycles. The number of ether oxygens (including phenoxy) is 1. The first-order valence-corrected chi connectivity index (χ1v) is 7.78. The van der Waals surface area contributed by atoms with Crippen molar-refractivity contribution < 1.29 is 9.53 Å². The Bertz CT molecular complexity index is 417. The molecule has 0 aliphatic carbocycles. The third-order valence-corrected chi connectivity index (χ3v) is 3.61. The molecule has 1 unspecified atom stereocenters. The Morgan fingerprint density at radius 1 is 1.24 bits per heavy atom. The maximum atomic E-state index is 12.1. The van der Waals surface area contributed by atoms with Crippen molar-refractivity contribution >= 4 is 17.3 Å². The lowest BCUT2D eigenvalue weighted by molar-refractivity contribution is -0.124. The van der Waals surface area contributed by atoms with Gasteiger partial charge in [0.15, 0.2) is 0 Å². The largest absolute Gasteiger partial charge is 0.399 e. The Morgan fingerprint density at radius 2 is 1.90 bits per heavy atom. The molecule has 0 fully saturated rings. The summed E-state index contributed by atoms with van der Waals surface area (Å²) in [5.41, 5.74) is 7.16. The molecule has 1 atom stereocenters. The van der Waals surface area contributed by atoms with Gasteiger partial charge in [0, 0.05) is 18.4 Å². The van der Waals surface area contributed by atoms with Gasteiger partial charge in [0.2, 0.25) is 0 Å². The Hall–Kier alpha value is -1.55. The molecule has 1 aromatic rings. The standard InChI is InChI=1S/C17H28N2O2/c1-4-5-6-7-8-14(2)21-13-17(20)19(3)16-11-9-15(18)10-12-16/h9-12,14H,4-8,13,18H2,1-3H3. The highest BCUT2D eigenvalue weighted by atomic mass is 16.5. The minimum atomic E-state index is -0.0415. The molecule has 21 heavy (non-hydrogen) atoms. The summed E-state index contributed by atoms with van der Waals surface area (Å²) in [6, 6.07) is 7.25. The van der Waals surface area contributed by atoms with Crippen LogP contribution >= 0.6 is 0 Å². The van der Waals surface area contributed by atoms with Gasteiger partial charge < -0.3 is 15.4 Å². The first kappa shape index (κ1) is 17.5. The average Bonchev–Trinajstić information content (AvgIpc) is 2.49. The summed E-state index contributed by atoms with van der Waals surface area (Å²) in [5.74, 6) is -0.0415. The van der Waals surface area contributed by atoms with Crippen LogP contribution in [0.5, 0.6) is 0 Å². The van der Waals surface area contributed by atoms with E-state index in [1.165, 1.54) is 19.3 Å². The third-order valence-electron chi connectivity index (χ3n) is 3.61. The van der Waals surface area contributed by atoms with Gasteiger partial charge in [-0.05, 0) is 37.6 Å². The molecule has 0 heterocycles. The maximum absolute atomic E-state index is 12.1. The normalized spacial score (nSPS) is 12.1. The van der Waals surface area contributed by atoms with Crippen molar-refractivity contribution in [1.29, 1.82) is 0 Å². The number of nitrogens with zero attached hydrogens (tertiary/aromatic N) is 1. The summed E-state index contributed by atoms with van der Waals surface area (Å²) in [7, 11) is 1.75. The predicted octanol–water partition coefficient (Wildman–Crippen LogP) is 3.61. The van der Waals surface area contributed by atoms with E-state index in [0.717, 1.165) is 18.5 Å². The molecule has 0 spiro atoms. The fraction of sp³-hybridized carbons (Fsp3) is 0.588. The lowest BCUT2D eigenvalue weighted by Gasteiger charge is -2.19. The van der Waals surface area contributed by atoms with Crippen molar-refractivity contribution in [3.8, 4) is 0 Å². The lowest BCUT2D eigenvalue weighted by Crippen LogP contribution is -2.31. The van der Waals surface area contributed by atoms with Crippen LogP contribution in [0.15, 0.2) is 24.3 Å². The molecule has 0 aliphatic rings. The van der Waals surface area contributed by atoms with Crippen LogP contribution in [0.4, 0.5) is 11.4 Å². The molecule has 4 heteroatoms. The number of carbonyl (C=O) groups is 1. The van der Waals surface area contributed by atoms with Crippen LogP contribution in [0.3, 0.4) is 0 Å². The van der Waals surface area contributed by atoms with Gasteiger partial charge in [-0.3, -0.25) is 4.79 Å². The summed E-state index contributed by atoms with van der Waals surface area (Å²) in [6.07, 6.45) is 6.05. The van der Waals surface area contributed by atoms with E-state index in [-0.39, 0.29) is 18.6 Å². The number of amides is 1. The molecule has 0 aliphatic heterocycles. The van der Waals surface area contributed by atoms with Crippen LogP contribution in [0.2, 0.25) is 0 Å². The monoisotopic (exact) mass is 292 g/mol. The molecule has 1 aromatic carbocycles. The van der Waals surface area contributed by atoms with Crippen LogP contribution in [0.1, 0.15) is 46.0 Å². The van der Waals surface area contributed by atoms with Crippen LogP contribution in [0, 0.1) is 0 Å². The molecule has 4 nitrogen and oxygen atoms in total. The summed E-state index contributed by atoms with van der Waals surface area (Å²) in [4.78, 5) is 13.7. The molecule has 1 amide bonds. The Kier molecular flexibility index (Phi) is 7.83. The highest BCUT2D eigenvalue weighted by Gasteiger charge is 2.12. The zero-order valence-electron chi connectivity index (χ0n) is 13.5. The van der Waals surface area contributed by atoms with E-state index >= 15 is 0 Å². The third kappa shape index (κ3) is 6.63. The zero-order chi connectivity index (χ0) is 15.7. The van der Waals surface area contributed by atoms with Gasteiger partial charge in [-0.1, -0.05) is 32.6 Å². The van der Waals surface area contributed by atoms with Crippen LogP contribution in [-0.4, -0.2) is 25.7 Å². The van der Waals surface area contributed by atoms with Gasteiger partial charge in [-0.2, -0.15) is 0 Å². The van der Waals surface area contributed by atoms with Gasteiger partial charge >= 0.3 is 0 Å². The Balaban J connectivity index is 2.30. The van der Waals surface area contributed by atoms with Gasteiger partial charge in [-0.15, -0.1) is 0 Å². The fourth-order valence-electron chi connectivity index (χ4n) is 2.09. The minimum Gasteiger partial charge on any atom is -0.399 e. The number of likely N-dealkylation sites (N-methyl/N-ethyl adjacent to an activating group) is 1. The van der Waals surface area contributed by atoms with Crippen molar-refractivity contribution in [3.05, 3.63) is 24.3 Å². The van der Waals surface area contributed by atoms with Crippen LogP contribution in [0.25, 0.3) is 0 Å². The van der Waals surface area contributed by atoms with E-state index in [9.17, 15) is 4.79 Å². The molecule has 0 saturated heterocycles. The molecule has 2 N–H and O–H groups in total. The highest BCUT2D eigenvalue weighted by molar-refractivity contribution is 5.93. The molecule has 0 radical (unpaired) electrons. The van der Waals surface area contributed by atoms with E-state index in [4.69, 9.17) is 10.5 Å². The first-order chi connectivity index (χ1) is 10.0. The van der Waals surface area contributed by atoms with Crippen molar-refractivity contribution in [2.75, 3.05) is 24.3 Å². The number of nitrogens with two attached hydrogens (primary N) is 1. The Labute approximate surface area is 128 Å². The topological polar surface area (TPSA) is 55.6 Å². The summed E-state index contributed by atoms with van der Waals surface area (Å²) < 4.78 is 5.63. The number of nitrogen functional groups attached to an aromatic ring is 1. The van der Waals surface area contributed by atoms with Crippen LogP contribution < -0.4 is 10.6 Å². The van der Waals surface area contributed by atoms with E-state index in [1.807, 2.05) is 19.1 Å². The zero-order valence-corrected chi connectivity index (χ0v) is 13.5. The lowest BCUT2D eigenvalue weighted by atomic mass is 10.1. The van der Waals surface area contributed by atoms with Crippen LogP contribution in [-0.2, 0) is 9.53 Å². The summed E-state index contributed by atoms with van der Waals surface area (Å²) >= 11 is 0. The Morgan fingerprint density at radius 3 is 2.52 bits per heavy atom. The first-order valence-electron chi connectivity index (χ1n) is 7.78. The van der Waals surface area contributed by atoms with E-state index in [1.54, 1.807) is 24.1 Å². The van der Waals surface area contributed by atoms with Crippen molar-refractivity contribution in [2.45, 2.75) is 52.1 Å². The maximum Gasteiger partial charge on any atom is 0.252 e. The average molecular weight is 292 g/mol. The smallest absolute Gasteiger partial charge is 0.252 e. The van der Waals surface area contributed by atoms with E-state index < -0.39 is 0 Å². The van der Waals surface area contributed by atoms with Crippen molar-refractivity contribution in [2.24, 2.45) is 0 Å². The second kappa shape index (κ2) is 9.40. The predicted molar refractivity (Wildman–Crippen MR) is 88.4 cm³/mol. The quantitative estimate of drug-likeness (QED) is 0.559. The number of hydrogen-bond acceptors (Lipinski definition) is 3. The SMILES string of the molecule is CCCCCCC(C)OCC(=O)N(C)c1ccc(N)cc1. The number of hydrogen-bond donors (Lipinski definition) is 1. The van der Waals surface area contributed by atoms with Gasteiger partial charge in [0.25, 0.3) is 5.91 Å². The fourth-order valence-corrected chi connectivity index (χ4v) is 2.09. The molecular weight excluding hydrogens is 264 g/mol. The highest BCUT2D eigenvalue weighted by Crippen LogP contribution is 2.15. The van der Waals surface area contributed by atoms with Gasteiger partial charge in [0.05, 0.1) is 6.10 Å².